The zero-order chi connectivity index (χ0) is 52.7. The molecule has 0 radical (unpaired) electrons. The molecule has 2 unspecified atom stereocenters. The first-order valence-corrected chi connectivity index (χ1v) is 33.4. The Morgan fingerprint density at radius 1 is 0.329 bits per heavy atom. The quantitative estimate of drug-likeness (QED) is 0.0420. The molecule has 0 aromatic carbocycles. The lowest BCUT2D eigenvalue weighted by molar-refractivity contribution is -0.123. The van der Waals surface area contributed by atoms with Crippen molar-refractivity contribution in [3.63, 3.8) is 0 Å². The maximum Gasteiger partial charge on any atom is 0.220 e. The predicted octanol–water partition coefficient (Wildman–Crippen LogP) is 22.5. The van der Waals surface area contributed by atoms with Crippen molar-refractivity contribution >= 4 is 5.91 Å². The topological polar surface area (TPSA) is 69.6 Å². The smallest absolute Gasteiger partial charge is 0.220 e. The summed E-state index contributed by atoms with van der Waals surface area (Å²) in [6.07, 6.45) is 90.4. The molecule has 0 bridgehead atoms. The summed E-state index contributed by atoms with van der Waals surface area (Å²) >= 11 is 0. The van der Waals surface area contributed by atoms with Gasteiger partial charge in [0.2, 0.25) is 5.91 Å². The van der Waals surface area contributed by atoms with Crippen LogP contribution in [0.3, 0.4) is 0 Å². The van der Waals surface area contributed by atoms with Crippen LogP contribution in [0.4, 0.5) is 0 Å². The van der Waals surface area contributed by atoms with Gasteiger partial charge in [0, 0.05) is 6.42 Å². The van der Waals surface area contributed by atoms with E-state index in [1.165, 1.54) is 308 Å². The minimum Gasteiger partial charge on any atom is -0.394 e. The van der Waals surface area contributed by atoms with Gasteiger partial charge in [-0.3, -0.25) is 4.79 Å². The Kier molecular flexibility index (Phi) is 63.2. The Balaban J connectivity index is 3.44. The number of rotatable bonds is 62. The summed E-state index contributed by atoms with van der Waals surface area (Å²) in [5, 5.41) is 23.3. The van der Waals surface area contributed by atoms with E-state index in [1.54, 1.807) is 6.08 Å². The molecule has 4 nitrogen and oxygen atoms in total. The van der Waals surface area contributed by atoms with Gasteiger partial charge in [-0.1, -0.05) is 351 Å². The molecule has 73 heavy (non-hydrogen) atoms. The van der Waals surface area contributed by atoms with E-state index in [0.29, 0.717) is 6.42 Å². The standard InChI is InChI=1S/C69H131NO3/c1-3-5-7-9-11-13-15-17-19-21-23-25-27-29-31-33-34-35-36-37-39-41-43-45-47-49-51-53-55-57-59-61-63-65-69(73)70-67(66-71)68(72)64-62-60-58-56-54-52-50-48-46-44-42-40-38-32-30-28-26-24-22-20-18-16-14-12-10-8-6-4-2/h15,17,21,23,27,29,62,64,67-68,71-72H,3-14,16,18-20,22,24-26,28,30-61,63,65-66H2,1-2H3,(H,70,73)/b17-15-,23-21-,29-27-,64-62+. The second-order valence-corrected chi connectivity index (χ2v) is 22.9. The van der Waals surface area contributed by atoms with Gasteiger partial charge in [-0.15, -0.1) is 0 Å². The van der Waals surface area contributed by atoms with Gasteiger partial charge in [0.25, 0.3) is 0 Å². The summed E-state index contributed by atoms with van der Waals surface area (Å²) in [5.74, 6) is -0.0579. The van der Waals surface area contributed by atoms with Crippen molar-refractivity contribution in [1.82, 2.24) is 5.32 Å². The maximum absolute atomic E-state index is 12.5. The minimum absolute atomic E-state index is 0.0579. The molecular formula is C69H131NO3. The zero-order valence-corrected chi connectivity index (χ0v) is 49.7. The normalized spacial score (nSPS) is 13.0. The number of aliphatic hydroxyl groups is 2. The fourth-order valence-corrected chi connectivity index (χ4v) is 10.5. The molecule has 0 rings (SSSR count). The molecule has 0 aromatic rings. The Hall–Kier alpha value is -1.65. The van der Waals surface area contributed by atoms with Crippen LogP contribution in [-0.2, 0) is 4.79 Å². The van der Waals surface area contributed by atoms with E-state index in [4.69, 9.17) is 0 Å². The van der Waals surface area contributed by atoms with E-state index < -0.39 is 12.1 Å². The van der Waals surface area contributed by atoms with Crippen molar-refractivity contribution < 1.29 is 15.0 Å². The van der Waals surface area contributed by atoms with Crippen LogP contribution >= 0.6 is 0 Å². The highest BCUT2D eigenvalue weighted by Gasteiger charge is 2.18. The summed E-state index contributed by atoms with van der Waals surface area (Å²) in [6, 6.07) is -0.624. The molecule has 1 amide bonds. The predicted molar refractivity (Wildman–Crippen MR) is 327 cm³/mol. The third kappa shape index (κ3) is 61.1. The van der Waals surface area contributed by atoms with Crippen LogP contribution in [0.15, 0.2) is 48.6 Å². The Bertz CT molecular complexity index is 1160. The molecule has 0 aliphatic rings. The number of carbonyl (C=O) groups excluding carboxylic acids is 1. The largest absolute Gasteiger partial charge is 0.394 e. The van der Waals surface area contributed by atoms with Crippen LogP contribution in [0, 0.1) is 0 Å². The third-order valence-electron chi connectivity index (χ3n) is 15.6. The van der Waals surface area contributed by atoms with Crippen LogP contribution in [-0.4, -0.2) is 34.9 Å². The number of nitrogens with one attached hydrogen (secondary N) is 1. The van der Waals surface area contributed by atoms with Crippen molar-refractivity contribution in [2.24, 2.45) is 0 Å². The number of hydrogen-bond acceptors (Lipinski definition) is 3. The average molecular weight is 1020 g/mol. The van der Waals surface area contributed by atoms with Crippen molar-refractivity contribution in [3.8, 4) is 0 Å². The number of amides is 1. The molecule has 0 saturated heterocycles. The molecule has 4 heteroatoms. The highest BCUT2D eigenvalue weighted by atomic mass is 16.3. The fraction of sp³-hybridized carbons (Fsp3) is 0.870. The van der Waals surface area contributed by atoms with Gasteiger partial charge in [0.15, 0.2) is 0 Å². The van der Waals surface area contributed by atoms with Gasteiger partial charge in [0.1, 0.15) is 0 Å². The van der Waals surface area contributed by atoms with E-state index in [0.717, 1.165) is 38.5 Å². The van der Waals surface area contributed by atoms with Crippen molar-refractivity contribution in [2.75, 3.05) is 6.61 Å². The molecular weight excluding hydrogens is 891 g/mol. The lowest BCUT2D eigenvalue weighted by Crippen LogP contribution is -2.45. The van der Waals surface area contributed by atoms with E-state index in [2.05, 4.69) is 55.6 Å². The number of unbranched alkanes of at least 4 members (excludes halogenated alkanes) is 49. The SMILES string of the molecule is CCCCCCC/C=C\C/C=C\C/C=C\CCCCCCCCCCCCCCCCCCCCC(=O)NC(CO)C(O)/C=C/CCCCCCCCCCCCCCCCCCCCCCCCCCCC. The number of hydrogen-bond donors (Lipinski definition) is 3. The van der Waals surface area contributed by atoms with Gasteiger partial charge >= 0.3 is 0 Å². The fourth-order valence-electron chi connectivity index (χ4n) is 10.5. The van der Waals surface area contributed by atoms with Gasteiger partial charge in [-0.2, -0.15) is 0 Å². The molecule has 2 atom stereocenters. The highest BCUT2D eigenvalue weighted by Crippen LogP contribution is 2.18. The number of allylic oxidation sites excluding steroid dienone is 7. The van der Waals surface area contributed by atoms with E-state index in [9.17, 15) is 15.0 Å². The number of carbonyl (C=O) groups is 1. The van der Waals surface area contributed by atoms with Crippen LogP contribution in [0.1, 0.15) is 367 Å². The first-order chi connectivity index (χ1) is 36.2. The summed E-state index contributed by atoms with van der Waals surface area (Å²) < 4.78 is 0. The molecule has 0 saturated carbocycles. The van der Waals surface area contributed by atoms with Gasteiger partial charge in [0.05, 0.1) is 18.8 Å². The van der Waals surface area contributed by atoms with Crippen LogP contribution in [0.5, 0.6) is 0 Å². The molecule has 0 heterocycles. The molecule has 3 N–H and O–H groups in total. The Labute approximate surface area is 458 Å². The average Bonchev–Trinajstić information content (AvgIpc) is 3.40. The molecule has 0 spiro atoms. The van der Waals surface area contributed by atoms with Crippen LogP contribution in [0.2, 0.25) is 0 Å². The molecule has 430 valence electrons. The van der Waals surface area contributed by atoms with E-state index in [-0.39, 0.29) is 12.5 Å². The summed E-state index contributed by atoms with van der Waals surface area (Å²) in [7, 11) is 0. The van der Waals surface area contributed by atoms with Crippen molar-refractivity contribution in [2.45, 2.75) is 379 Å². The maximum atomic E-state index is 12.5. The second kappa shape index (κ2) is 64.6. The van der Waals surface area contributed by atoms with Gasteiger partial charge < -0.3 is 15.5 Å². The number of aliphatic hydroxyl groups excluding tert-OH is 2. The lowest BCUT2D eigenvalue weighted by atomic mass is 10.0. The first-order valence-electron chi connectivity index (χ1n) is 33.4. The third-order valence-corrected chi connectivity index (χ3v) is 15.6. The summed E-state index contributed by atoms with van der Waals surface area (Å²) in [4.78, 5) is 12.5. The first kappa shape index (κ1) is 71.3. The van der Waals surface area contributed by atoms with Crippen LogP contribution < -0.4 is 5.32 Å². The highest BCUT2D eigenvalue weighted by molar-refractivity contribution is 5.76. The molecule has 0 aliphatic heterocycles. The summed E-state index contributed by atoms with van der Waals surface area (Å²) in [5.41, 5.74) is 0. The zero-order valence-electron chi connectivity index (χ0n) is 49.7. The second-order valence-electron chi connectivity index (χ2n) is 22.9. The monoisotopic (exact) mass is 1020 g/mol. The van der Waals surface area contributed by atoms with Crippen molar-refractivity contribution in [1.29, 1.82) is 0 Å². The molecule has 0 aromatic heterocycles. The van der Waals surface area contributed by atoms with Crippen molar-refractivity contribution in [3.05, 3.63) is 48.6 Å². The van der Waals surface area contributed by atoms with Gasteiger partial charge in [-0.05, 0) is 57.8 Å². The molecule has 0 fully saturated rings. The van der Waals surface area contributed by atoms with E-state index in [1.807, 2.05) is 6.08 Å². The summed E-state index contributed by atoms with van der Waals surface area (Å²) in [6.45, 7) is 4.34. The Morgan fingerprint density at radius 3 is 0.836 bits per heavy atom. The Morgan fingerprint density at radius 2 is 0.562 bits per heavy atom. The van der Waals surface area contributed by atoms with Crippen LogP contribution in [0.25, 0.3) is 0 Å². The van der Waals surface area contributed by atoms with Gasteiger partial charge in [-0.25, -0.2) is 0 Å². The lowest BCUT2D eigenvalue weighted by Gasteiger charge is -2.20. The molecule has 0 aliphatic carbocycles. The van der Waals surface area contributed by atoms with E-state index >= 15 is 0 Å². The minimum atomic E-state index is -0.841.